The van der Waals surface area contributed by atoms with E-state index in [1.54, 1.807) is 6.07 Å². The summed E-state index contributed by atoms with van der Waals surface area (Å²) in [5, 5.41) is 0. The molecule has 2 atom stereocenters. The Morgan fingerprint density at radius 3 is 2.41 bits per heavy atom. The molecule has 0 bridgehead atoms. The number of hydrogen-bond donors (Lipinski definition) is 0. The Hall–Kier alpha value is -2.60. The maximum atomic E-state index is 13.1. The Kier molecular flexibility index (Phi) is 7.09. The Morgan fingerprint density at radius 2 is 1.72 bits per heavy atom. The lowest BCUT2D eigenvalue weighted by atomic mass is 10.1. The Labute approximate surface area is 172 Å². The predicted molar refractivity (Wildman–Crippen MR) is 111 cm³/mol. The number of halogens is 1. The van der Waals surface area contributed by atoms with Gasteiger partial charge < -0.3 is 14.4 Å². The zero-order valence-corrected chi connectivity index (χ0v) is 17.3. The van der Waals surface area contributed by atoms with Gasteiger partial charge in [-0.1, -0.05) is 18.2 Å². The molecular weight excluding hydrogens is 371 g/mol. The van der Waals surface area contributed by atoms with Crippen molar-refractivity contribution in [1.29, 1.82) is 0 Å². The summed E-state index contributed by atoms with van der Waals surface area (Å²) >= 11 is 0. The van der Waals surface area contributed by atoms with E-state index in [0.717, 1.165) is 24.4 Å². The summed E-state index contributed by atoms with van der Waals surface area (Å²) in [5.41, 5.74) is 1.07. The van der Waals surface area contributed by atoms with Crippen molar-refractivity contribution in [3.05, 3.63) is 59.9 Å². The minimum absolute atomic E-state index is 0.00456. The van der Waals surface area contributed by atoms with Gasteiger partial charge >= 0.3 is 0 Å². The second-order valence-electron chi connectivity index (χ2n) is 7.50. The van der Waals surface area contributed by atoms with Crippen LogP contribution >= 0.6 is 0 Å². The van der Waals surface area contributed by atoms with Gasteiger partial charge in [-0.3, -0.25) is 9.69 Å². The molecule has 0 aromatic heterocycles. The average Bonchev–Trinajstić information content (AvgIpc) is 2.71. The summed E-state index contributed by atoms with van der Waals surface area (Å²) in [6, 6.07) is 14.2. The highest BCUT2D eigenvalue weighted by Crippen LogP contribution is 2.21. The van der Waals surface area contributed by atoms with Crippen molar-refractivity contribution in [2.45, 2.75) is 39.4 Å². The number of amides is 1. The van der Waals surface area contributed by atoms with Crippen LogP contribution in [0.2, 0.25) is 0 Å². The van der Waals surface area contributed by atoms with E-state index in [-0.39, 0.29) is 30.4 Å². The zero-order chi connectivity index (χ0) is 20.8. The second-order valence-corrected chi connectivity index (χ2v) is 7.50. The third-order valence-electron chi connectivity index (χ3n) is 5.21. The first-order valence-electron chi connectivity index (χ1n) is 10.1. The van der Waals surface area contributed by atoms with Gasteiger partial charge in [0.05, 0.1) is 6.61 Å². The van der Waals surface area contributed by atoms with Crippen LogP contribution in [-0.4, -0.2) is 54.1 Å². The van der Waals surface area contributed by atoms with E-state index in [2.05, 4.69) is 18.7 Å². The molecule has 2 aromatic carbocycles. The van der Waals surface area contributed by atoms with Crippen LogP contribution in [0.3, 0.4) is 0 Å². The summed E-state index contributed by atoms with van der Waals surface area (Å²) in [7, 11) is 0. The standard InChI is InChI=1S/C23H29FN2O3/c1-4-28-21-6-5-7-22(12-21)29-16-23(27)26-14-17(2)25(13-18(26)3)15-19-8-10-20(24)11-9-19/h5-12,17-18H,4,13-16H2,1-3H3/t17-,18+/m1/s1. The quantitative estimate of drug-likeness (QED) is 0.710. The van der Waals surface area contributed by atoms with Gasteiger partial charge in [-0.25, -0.2) is 4.39 Å². The zero-order valence-electron chi connectivity index (χ0n) is 17.3. The molecule has 1 aliphatic rings. The fraction of sp³-hybridized carbons (Fsp3) is 0.435. The maximum Gasteiger partial charge on any atom is 0.260 e. The van der Waals surface area contributed by atoms with Crippen molar-refractivity contribution in [3.8, 4) is 11.5 Å². The van der Waals surface area contributed by atoms with E-state index >= 15 is 0 Å². The molecular formula is C23H29FN2O3. The Bertz CT molecular complexity index is 812. The molecule has 29 heavy (non-hydrogen) atoms. The summed E-state index contributed by atoms with van der Waals surface area (Å²) in [6.07, 6.45) is 0. The number of benzene rings is 2. The van der Waals surface area contributed by atoms with Crippen molar-refractivity contribution in [2.75, 3.05) is 26.3 Å². The topological polar surface area (TPSA) is 42.0 Å². The van der Waals surface area contributed by atoms with Gasteiger partial charge in [0.25, 0.3) is 5.91 Å². The van der Waals surface area contributed by atoms with E-state index < -0.39 is 0 Å². The molecule has 1 aliphatic heterocycles. The summed E-state index contributed by atoms with van der Waals surface area (Å²) in [4.78, 5) is 17.0. The van der Waals surface area contributed by atoms with E-state index in [1.807, 2.05) is 42.2 Å². The van der Waals surface area contributed by atoms with E-state index in [4.69, 9.17) is 9.47 Å². The molecule has 0 N–H and O–H groups in total. The highest BCUT2D eigenvalue weighted by Gasteiger charge is 2.32. The number of rotatable bonds is 7. The Morgan fingerprint density at radius 1 is 1.03 bits per heavy atom. The van der Waals surface area contributed by atoms with E-state index in [1.165, 1.54) is 12.1 Å². The normalized spacial score (nSPS) is 19.8. The molecule has 1 fully saturated rings. The highest BCUT2D eigenvalue weighted by atomic mass is 19.1. The monoisotopic (exact) mass is 400 g/mol. The SMILES string of the molecule is CCOc1cccc(OCC(=O)N2C[C@@H](C)N(Cc3ccc(F)cc3)C[C@@H]2C)c1. The van der Waals surface area contributed by atoms with Crippen LogP contribution in [0, 0.1) is 5.82 Å². The van der Waals surface area contributed by atoms with Crippen LogP contribution < -0.4 is 9.47 Å². The molecule has 2 aromatic rings. The molecule has 156 valence electrons. The van der Waals surface area contributed by atoms with Crippen LogP contribution in [0.25, 0.3) is 0 Å². The first-order valence-corrected chi connectivity index (χ1v) is 10.1. The van der Waals surface area contributed by atoms with Crippen LogP contribution in [-0.2, 0) is 11.3 Å². The lowest BCUT2D eigenvalue weighted by Crippen LogP contribution is -2.58. The molecule has 0 radical (unpaired) electrons. The minimum Gasteiger partial charge on any atom is -0.494 e. The van der Waals surface area contributed by atoms with Gasteiger partial charge in [-0.05, 0) is 50.6 Å². The van der Waals surface area contributed by atoms with Crippen molar-refractivity contribution in [1.82, 2.24) is 9.80 Å². The first-order chi connectivity index (χ1) is 14.0. The third kappa shape index (κ3) is 5.70. The van der Waals surface area contributed by atoms with Crippen molar-refractivity contribution in [2.24, 2.45) is 0 Å². The lowest BCUT2D eigenvalue weighted by molar-refractivity contribution is -0.139. The summed E-state index contributed by atoms with van der Waals surface area (Å²) in [6.45, 7) is 8.83. The number of hydrogen-bond acceptors (Lipinski definition) is 4. The highest BCUT2D eigenvalue weighted by molar-refractivity contribution is 5.78. The van der Waals surface area contributed by atoms with Gasteiger partial charge in [0, 0.05) is 37.8 Å². The summed E-state index contributed by atoms with van der Waals surface area (Å²) < 4.78 is 24.3. The lowest BCUT2D eigenvalue weighted by Gasteiger charge is -2.44. The van der Waals surface area contributed by atoms with Crippen LogP contribution in [0.15, 0.2) is 48.5 Å². The molecule has 1 amide bonds. The molecule has 0 saturated carbocycles. The van der Waals surface area contributed by atoms with Crippen LogP contribution in [0.1, 0.15) is 26.3 Å². The fourth-order valence-electron chi connectivity index (χ4n) is 3.64. The molecule has 1 saturated heterocycles. The number of carbonyl (C=O) groups is 1. The fourth-order valence-corrected chi connectivity index (χ4v) is 3.64. The Balaban J connectivity index is 1.54. The van der Waals surface area contributed by atoms with E-state index in [9.17, 15) is 9.18 Å². The molecule has 0 aliphatic carbocycles. The molecule has 0 unspecified atom stereocenters. The molecule has 0 spiro atoms. The van der Waals surface area contributed by atoms with Gasteiger partial charge in [0.15, 0.2) is 6.61 Å². The average molecular weight is 400 g/mol. The smallest absolute Gasteiger partial charge is 0.260 e. The van der Waals surface area contributed by atoms with E-state index in [0.29, 0.717) is 18.9 Å². The van der Waals surface area contributed by atoms with Gasteiger partial charge in [-0.2, -0.15) is 0 Å². The maximum absolute atomic E-state index is 13.1. The second kappa shape index (κ2) is 9.74. The van der Waals surface area contributed by atoms with Gasteiger partial charge in [0.1, 0.15) is 17.3 Å². The van der Waals surface area contributed by atoms with Crippen LogP contribution in [0.5, 0.6) is 11.5 Å². The van der Waals surface area contributed by atoms with Crippen LogP contribution in [0.4, 0.5) is 4.39 Å². The number of carbonyl (C=O) groups excluding carboxylic acids is 1. The third-order valence-corrected chi connectivity index (χ3v) is 5.21. The van der Waals surface area contributed by atoms with Gasteiger partial charge in [-0.15, -0.1) is 0 Å². The first kappa shape index (κ1) is 21.1. The number of nitrogens with zero attached hydrogens (tertiary/aromatic N) is 2. The summed E-state index contributed by atoms with van der Waals surface area (Å²) in [5.74, 6) is 1.11. The molecule has 3 rings (SSSR count). The molecule has 6 heteroatoms. The number of piperazine rings is 1. The van der Waals surface area contributed by atoms with Crippen molar-refractivity contribution < 1.29 is 18.7 Å². The molecule has 5 nitrogen and oxygen atoms in total. The predicted octanol–water partition coefficient (Wildman–Crippen LogP) is 3.72. The van der Waals surface area contributed by atoms with Gasteiger partial charge in [0.2, 0.25) is 0 Å². The molecule has 1 heterocycles. The number of ether oxygens (including phenoxy) is 2. The minimum atomic E-state index is -0.225. The largest absolute Gasteiger partial charge is 0.494 e. The van der Waals surface area contributed by atoms with Crippen molar-refractivity contribution >= 4 is 5.91 Å². The van der Waals surface area contributed by atoms with Crippen molar-refractivity contribution in [3.63, 3.8) is 0 Å².